The maximum Gasteiger partial charge on any atom is 0.328 e. The van der Waals surface area contributed by atoms with Crippen molar-refractivity contribution in [2.75, 3.05) is 10.5 Å². The molecular weight excluding hydrogens is 373 g/mol. The van der Waals surface area contributed by atoms with Crippen molar-refractivity contribution < 1.29 is 22.7 Å². The molecule has 2 aromatic rings. The highest BCUT2D eigenvalue weighted by molar-refractivity contribution is 7.92. The molecule has 0 saturated heterocycles. The van der Waals surface area contributed by atoms with Crippen LogP contribution in [0, 0.1) is 5.82 Å². The molecule has 144 valence electrons. The average Bonchev–Trinajstić information content (AvgIpc) is 2.60. The smallest absolute Gasteiger partial charge is 0.328 e. The van der Waals surface area contributed by atoms with Crippen molar-refractivity contribution in [2.24, 2.45) is 0 Å². The quantitative estimate of drug-likeness (QED) is 0.699. The minimum atomic E-state index is -3.61. The Hall–Kier alpha value is -2.81. The molecule has 0 atom stereocenters. The van der Waals surface area contributed by atoms with Crippen LogP contribution in [0.15, 0.2) is 30.3 Å². The number of carboxylic acids is 1. The second-order valence-electron chi connectivity index (χ2n) is 6.03. The molecule has 0 unspecified atom stereocenters. The predicted molar refractivity (Wildman–Crippen MR) is 101 cm³/mol. The third kappa shape index (κ3) is 5.33. The van der Waals surface area contributed by atoms with Crippen LogP contribution in [0.1, 0.15) is 37.9 Å². The maximum atomic E-state index is 13.3. The van der Waals surface area contributed by atoms with E-state index in [4.69, 9.17) is 5.11 Å². The van der Waals surface area contributed by atoms with Crippen molar-refractivity contribution in [1.29, 1.82) is 0 Å². The largest absolute Gasteiger partial charge is 0.478 e. The highest BCUT2D eigenvalue weighted by Gasteiger charge is 2.19. The monoisotopic (exact) mass is 393 g/mol. The minimum Gasteiger partial charge on any atom is -0.478 e. The van der Waals surface area contributed by atoms with E-state index in [1.54, 1.807) is 0 Å². The Kier molecular flexibility index (Phi) is 6.27. The summed E-state index contributed by atoms with van der Waals surface area (Å²) >= 11 is 0. The molecule has 27 heavy (non-hydrogen) atoms. The zero-order chi connectivity index (χ0) is 20.2. The first kappa shape index (κ1) is 20.5. The van der Waals surface area contributed by atoms with Crippen molar-refractivity contribution in [3.63, 3.8) is 0 Å². The first-order valence-corrected chi connectivity index (χ1v) is 9.87. The van der Waals surface area contributed by atoms with Gasteiger partial charge in [-0.3, -0.25) is 4.72 Å². The number of hydrogen-bond acceptors (Lipinski definition) is 5. The number of aliphatic carboxylic acids is 1. The van der Waals surface area contributed by atoms with E-state index in [9.17, 15) is 17.6 Å². The van der Waals surface area contributed by atoms with Gasteiger partial charge < -0.3 is 5.11 Å². The molecule has 0 fully saturated rings. The third-order valence-electron chi connectivity index (χ3n) is 3.66. The summed E-state index contributed by atoms with van der Waals surface area (Å²) in [4.78, 5) is 19.5. The molecule has 2 rings (SSSR count). The topological polar surface area (TPSA) is 109 Å². The SMILES string of the molecule is CCS(=O)(=O)Nc1nc(-c2ccc(F)cc2)c(/C=C/C(=O)O)c(C(C)C)n1. The Labute approximate surface area is 157 Å². The number of benzene rings is 1. The number of nitrogens with one attached hydrogen (secondary N) is 1. The van der Waals surface area contributed by atoms with E-state index in [2.05, 4.69) is 14.7 Å². The molecule has 0 aliphatic rings. The summed E-state index contributed by atoms with van der Waals surface area (Å²) in [5, 5.41) is 8.97. The number of halogens is 1. The fourth-order valence-electron chi connectivity index (χ4n) is 2.33. The number of hydrogen-bond donors (Lipinski definition) is 2. The second-order valence-corrected chi connectivity index (χ2v) is 8.04. The number of aromatic nitrogens is 2. The van der Waals surface area contributed by atoms with Gasteiger partial charge in [0.05, 0.1) is 17.1 Å². The highest BCUT2D eigenvalue weighted by atomic mass is 32.2. The summed E-state index contributed by atoms with van der Waals surface area (Å²) in [5.74, 6) is -2.00. The zero-order valence-corrected chi connectivity index (χ0v) is 15.9. The van der Waals surface area contributed by atoms with Crippen molar-refractivity contribution in [3.05, 3.63) is 47.4 Å². The minimum absolute atomic E-state index is 0.118. The number of sulfonamides is 1. The summed E-state index contributed by atoms with van der Waals surface area (Å²) in [6.07, 6.45) is 2.31. The molecule has 0 radical (unpaired) electrons. The summed E-state index contributed by atoms with van der Waals surface area (Å²) in [6.45, 7) is 5.16. The van der Waals surface area contributed by atoms with Gasteiger partial charge in [0.2, 0.25) is 16.0 Å². The van der Waals surface area contributed by atoms with E-state index >= 15 is 0 Å². The Morgan fingerprint density at radius 1 is 1.26 bits per heavy atom. The molecule has 0 aliphatic heterocycles. The maximum absolute atomic E-state index is 13.3. The van der Waals surface area contributed by atoms with Crippen molar-refractivity contribution in [1.82, 2.24) is 9.97 Å². The lowest BCUT2D eigenvalue weighted by Crippen LogP contribution is -2.18. The fraction of sp³-hybridized carbons (Fsp3) is 0.278. The van der Waals surface area contributed by atoms with Crippen molar-refractivity contribution in [2.45, 2.75) is 26.7 Å². The first-order chi connectivity index (χ1) is 12.6. The summed E-state index contributed by atoms with van der Waals surface area (Å²) in [5.41, 5.74) is 1.71. The number of carboxylic acid groups (broad SMARTS) is 1. The van der Waals surface area contributed by atoms with Crippen molar-refractivity contribution in [3.8, 4) is 11.3 Å². The van der Waals surface area contributed by atoms with Crippen LogP contribution in [0.25, 0.3) is 17.3 Å². The third-order valence-corrected chi connectivity index (χ3v) is 4.91. The summed E-state index contributed by atoms with van der Waals surface area (Å²) in [7, 11) is -3.61. The van der Waals surface area contributed by atoms with Crippen molar-refractivity contribution >= 4 is 28.0 Å². The first-order valence-electron chi connectivity index (χ1n) is 8.22. The molecule has 1 heterocycles. The molecule has 0 saturated carbocycles. The average molecular weight is 393 g/mol. The standard InChI is InChI=1S/C18H20FN3O4S/c1-4-27(25,26)22-18-20-16(11(2)3)14(9-10-15(23)24)17(21-18)12-5-7-13(19)8-6-12/h5-11H,4H2,1-3H3,(H,23,24)(H,20,21,22)/b10-9+. The number of anilines is 1. The molecule has 1 aromatic heterocycles. The second kappa shape index (κ2) is 8.26. The molecule has 7 nitrogen and oxygen atoms in total. The number of nitrogens with zero attached hydrogens (tertiary/aromatic N) is 2. The van der Waals surface area contributed by atoms with E-state index in [0.29, 0.717) is 22.5 Å². The molecule has 9 heteroatoms. The lowest BCUT2D eigenvalue weighted by atomic mass is 9.98. The van der Waals surface area contributed by atoms with E-state index < -0.39 is 21.8 Å². The van der Waals surface area contributed by atoms with Crippen LogP contribution >= 0.6 is 0 Å². The van der Waals surface area contributed by atoms with E-state index in [1.807, 2.05) is 13.8 Å². The van der Waals surface area contributed by atoms with Crippen LogP contribution in [0.3, 0.4) is 0 Å². The van der Waals surface area contributed by atoms with Gasteiger partial charge in [-0.25, -0.2) is 27.6 Å². The lowest BCUT2D eigenvalue weighted by Gasteiger charge is -2.16. The van der Waals surface area contributed by atoms with Gasteiger partial charge in [-0.05, 0) is 43.2 Å². The van der Waals surface area contributed by atoms with Crippen LogP contribution < -0.4 is 4.72 Å². The lowest BCUT2D eigenvalue weighted by molar-refractivity contribution is -0.131. The van der Waals surface area contributed by atoms with Gasteiger partial charge in [0.15, 0.2) is 0 Å². The molecule has 1 aromatic carbocycles. The van der Waals surface area contributed by atoms with E-state index in [1.165, 1.54) is 37.3 Å². The Bertz CT molecular complexity index is 971. The van der Waals surface area contributed by atoms with Crippen LogP contribution in [-0.2, 0) is 14.8 Å². The molecular formula is C18H20FN3O4S. The van der Waals surface area contributed by atoms with Crippen LogP contribution in [0.5, 0.6) is 0 Å². The normalized spacial score (nSPS) is 11.9. The Morgan fingerprint density at radius 2 is 1.89 bits per heavy atom. The van der Waals surface area contributed by atoms with Gasteiger partial charge in [-0.1, -0.05) is 13.8 Å². The number of carbonyl (C=O) groups is 1. The van der Waals surface area contributed by atoms with Gasteiger partial charge in [0, 0.05) is 17.2 Å². The molecule has 0 spiro atoms. The van der Waals surface area contributed by atoms with E-state index in [0.717, 1.165) is 6.08 Å². The fourth-order valence-corrected chi connectivity index (χ4v) is 2.84. The number of rotatable bonds is 7. The van der Waals surface area contributed by atoms with E-state index in [-0.39, 0.29) is 17.6 Å². The molecule has 0 aliphatic carbocycles. The Balaban J connectivity index is 2.75. The Morgan fingerprint density at radius 3 is 2.41 bits per heavy atom. The van der Waals surface area contributed by atoms with Gasteiger partial charge in [0.1, 0.15) is 5.82 Å². The van der Waals surface area contributed by atoms with Crippen LogP contribution in [0.4, 0.5) is 10.3 Å². The molecule has 0 amide bonds. The van der Waals surface area contributed by atoms with Gasteiger partial charge in [-0.2, -0.15) is 0 Å². The van der Waals surface area contributed by atoms with Crippen LogP contribution in [0.2, 0.25) is 0 Å². The molecule has 2 N–H and O–H groups in total. The zero-order valence-electron chi connectivity index (χ0n) is 15.1. The van der Waals surface area contributed by atoms with Crippen LogP contribution in [-0.4, -0.2) is 35.2 Å². The predicted octanol–water partition coefficient (Wildman–Crippen LogP) is 3.27. The van der Waals surface area contributed by atoms with Gasteiger partial charge >= 0.3 is 5.97 Å². The van der Waals surface area contributed by atoms with Gasteiger partial charge in [-0.15, -0.1) is 0 Å². The van der Waals surface area contributed by atoms with Gasteiger partial charge in [0.25, 0.3) is 0 Å². The molecule has 0 bridgehead atoms. The summed E-state index contributed by atoms with van der Waals surface area (Å²) < 4.78 is 39.4. The summed E-state index contributed by atoms with van der Waals surface area (Å²) in [6, 6.07) is 5.45. The highest BCUT2D eigenvalue weighted by Crippen LogP contribution is 2.30.